The molecule has 114 valence electrons. The number of amidine groups is 1. The van der Waals surface area contributed by atoms with Crippen LogP contribution in [0.15, 0.2) is 47.6 Å². The molecule has 1 aliphatic rings. The van der Waals surface area contributed by atoms with Crippen LogP contribution in [-0.4, -0.2) is 23.9 Å². The van der Waals surface area contributed by atoms with E-state index in [0.29, 0.717) is 12.4 Å². The zero-order valence-corrected chi connectivity index (χ0v) is 12.5. The summed E-state index contributed by atoms with van der Waals surface area (Å²) in [5.74, 6) is 2.24. The lowest BCUT2D eigenvalue weighted by molar-refractivity contribution is 0.462. The van der Waals surface area contributed by atoms with E-state index in [1.165, 1.54) is 0 Å². The molecule has 5 nitrogen and oxygen atoms in total. The van der Waals surface area contributed by atoms with E-state index in [-0.39, 0.29) is 0 Å². The third kappa shape index (κ3) is 3.62. The number of nitrogens with one attached hydrogen (secondary N) is 1. The summed E-state index contributed by atoms with van der Waals surface area (Å²) >= 11 is 0. The van der Waals surface area contributed by atoms with Crippen molar-refractivity contribution in [2.24, 2.45) is 10.7 Å². The van der Waals surface area contributed by atoms with E-state index in [1.807, 2.05) is 36.4 Å². The van der Waals surface area contributed by atoms with Crippen LogP contribution in [0, 0.1) is 0 Å². The molecular formula is C17H20N4O. The van der Waals surface area contributed by atoms with Gasteiger partial charge in [0.2, 0.25) is 5.88 Å². The number of nitrogens with two attached hydrogens (primary N) is 1. The smallest absolute Gasteiger partial charge is 0.219 e. The van der Waals surface area contributed by atoms with Crippen LogP contribution in [0.3, 0.4) is 0 Å². The van der Waals surface area contributed by atoms with Gasteiger partial charge in [0.15, 0.2) is 0 Å². The van der Waals surface area contributed by atoms with Crippen LogP contribution in [0.5, 0.6) is 11.6 Å². The van der Waals surface area contributed by atoms with E-state index in [1.54, 1.807) is 6.20 Å². The maximum Gasteiger partial charge on any atom is 0.219 e. The van der Waals surface area contributed by atoms with Crippen LogP contribution < -0.4 is 15.8 Å². The fourth-order valence-corrected chi connectivity index (χ4v) is 2.28. The first-order valence-corrected chi connectivity index (χ1v) is 7.57. The number of hydrogen-bond donors (Lipinski definition) is 2. The number of hydrogen-bond acceptors (Lipinski definition) is 5. The first kappa shape index (κ1) is 14.5. The van der Waals surface area contributed by atoms with Crippen molar-refractivity contribution in [3.63, 3.8) is 0 Å². The van der Waals surface area contributed by atoms with Crippen molar-refractivity contribution in [2.45, 2.75) is 19.4 Å². The van der Waals surface area contributed by atoms with Crippen LogP contribution in [0.4, 0.5) is 0 Å². The molecule has 2 aromatic rings. The Hall–Kier alpha value is -2.40. The van der Waals surface area contributed by atoms with Crippen molar-refractivity contribution in [1.82, 2.24) is 10.3 Å². The van der Waals surface area contributed by atoms with Crippen molar-refractivity contribution in [2.75, 3.05) is 13.1 Å². The molecule has 1 aliphatic heterocycles. The van der Waals surface area contributed by atoms with Gasteiger partial charge >= 0.3 is 0 Å². The highest BCUT2D eigenvalue weighted by Gasteiger charge is 2.07. The molecular weight excluding hydrogens is 276 g/mol. The molecule has 22 heavy (non-hydrogen) atoms. The van der Waals surface area contributed by atoms with Gasteiger partial charge in [0.25, 0.3) is 0 Å². The topological polar surface area (TPSA) is 72.5 Å². The highest BCUT2D eigenvalue weighted by atomic mass is 16.5. The predicted octanol–water partition coefficient (Wildman–Crippen LogP) is 2.46. The van der Waals surface area contributed by atoms with Crippen molar-refractivity contribution in [1.29, 1.82) is 0 Å². The molecule has 0 atom stereocenters. The van der Waals surface area contributed by atoms with Gasteiger partial charge in [0.1, 0.15) is 11.6 Å². The summed E-state index contributed by atoms with van der Waals surface area (Å²) in [6.45, 7) is 2.36. The SMILES string of the molecule is NCc1ccc(Oc2ccc(C3=NCCCCN3)cn2)cc1. The molecule has 0 radical (unpaired) electrons. The minimum atomic E-state index is 0.530. The number of rotatable bonds is 4. The van der Waals surface area contributed by atoms with Gasteiger partial charge in [-0.05, 0) is 36.6 Å². The molecule has 1 aromatic heterocycles. The van der Waals surface area contributed by atoms with E-state index in [4.69, 9.17) is 10.5 Å². The minimum Gasteiger partial charge on any atom is -0.439 e. The Morgan fingerprint density at radius 1 is 1.09 bits per heavy atom. The van der Waals surface area contributed by atoms with Gasteiger partial charge in [0.05, 0.1) is 0 Å². The fourth-order valence-electron chi connectivity index (χ4n) is 2.28. The summed E-state index contributed by atoms with van der Waals surface area (Å²) in [5.41, 5.74) is 7.65. The number of aromatic nitrogens is 1. The number of pyridine rings is 1. The van der Waals surface area contributed by atoms with Crippen LogP contribution in [0.1, 0.15) is 24.0 Å². The van der Waals surface area contributed by atoms with Gasteiger partial charge in [-0.15, -0.1) is 0 Å². The Kier molecular flexibility index (Phi) is 4.65. The summed E-state index contributed by atoms with van der Waals surface area (Å²) in [7, 11) is 0. The summed E-state index contributed by atoms with van der Waals surface area (Å²) in [4.78, 5) is 8.89. The molecule has 5 heteroatoms. The van der Waals surface area contributed by atoms with Gasteiger partial charge in [-0.3, -0.25) is 4.99 Å². The Labute approximate surface area is 130 Å². The normalized spacial score (nSPS) is 14.7. The zero-order valence-electron chi connectivity index (χ0n) is 12.5. The quantitative estimate of drug-likeness (QED) is 0.909. The van der Waals surface area contributed by atoms with E-state index >= 15 is 0 Å². The summed E-state index contributed by atoms with van der Waals surface area (Å²) < 4.78 is 5.73. The second kappa shape index (κ2) is 7.04. The first-order valence-electron chi connectivity index (χ1n) is 7.57. The molecule has 3 rings (SSSR count). The van der Waals surface area contributed by atoms with Gasteiger partial charge in [0, 0.05) is 37.5 Å². The third-order valence-electron chi connectivity index (χ3n) is 3.54. The average molecular weight is 296 g/mol. The van der Waals surface area contributed by atoms with Gasteiger partial charge in [-0.1, -0.05) is 12.1 Å². The molecule has 0 amide bonds. The third-order valence-corrected chi connectivity index (χ3v) is 3.54. The lowest BCUT2D eigenvalue weighted by atomic mass is 10.2. The molecule has 0 unspecified atom stereocenters. The van der Waals surface area contributed by atoms with E-state index < -0.39 is 0 Å². The van der Waals surface area contributed by atoms with Crippen LogP contribution in [0.2, 0.25) is 0 Å². The monoisotopic (exact) mass is 296 g/mol. The Balaban J connectivity index is 1.69. The van der Waals surface area contributed by atoms with E-state index in [9.17, 15) is 0 Å². The van der Waals surface area contributed by atoms with Crippen molar-refractivity contribution < 1.29 is 4.74 Å². The molecule has 1 aromatic carbocycles. The molecule has 0 saturated carbocycles. The molecule has 0 aliphatic carbocycles. The Morgan fingerprint density at radius 2 is 1.95 bits per heavy atom. The molecule has 0 spiro atoms. The highest BCUT2D eigenvalue weighted by Crippen LogP contribution is 2.20. The largest absolute Gasteiger partial charge is 0.439 e. The van der Waals surface area contributed by atoms with Gasteiger partial charge in [-0.25, -0.2) is 4.98 Å². The van der Waals surface area contributed by atoms with Gasteiger partial charge in [-0.2, -0.15) is 0 Å². The number of benzene rings is 1. The maximum absolute atomic E-state index is 5.73. The lowest BCUT2D eigenvalue weighted by Crippen LogP contribution is -2.24. The second-order valence-electron chi connectivity index (χ2n) is 5.20. The second-order valence-corrected chi connectivity index (χ2v) is 5.20. The summed E-state index contributed by atoms with van der Waals surface area (Å²) in [6.07, 6.45) is 4.07. The van der Waals surface area contributed by atoms with Gasteiger partial charge < -0.3 is 15.8 Å². The van der Waals surface area contributed by atoms with Crippen LogP contribution >= 0.6 is 0 Å². The van der Waals surface area contributed by atoms with Crippen molar-refractivity contribution in [3.05, 3.63) is 53.7 Å². The molecule has 3 N–H and O–H groups in total. The van der Waals surface area contributed by atoms with E-state index in [0.717, 1.165) is 48.6 Å². The van der Waals surface area contributed by atoms with Crippen LogP contribution in [0.25, 0.3) is 0 Å². The Bertz CT molecular complexity index is 635. The van der Waals surface area contributed by atoms with Crippen molar-refractivity contribution in [3.8, 4) is 11.6 Å². The summed E-state index contributed by atoms with van der Waals surface area (Å²) in [6, 6.07) is 11.5. The first-order chi connectivity index (χ1) is 10.8. The number of nitrogens with zero attached hydrogens (tertiary/aromatic N) is 2. The average Bonchev–Trinajstić information content (AvgIpc) is 2.86. The zero-order chi connectivity index (χ0) is 15.2. The molecule has 0 bridgehead atoms. The fraction of sp³-hybridized carbons (Fsp3) is 0.294. The number of ether oxygens (including phenoxy) is 1. The molecule has 0 saturated heterocycles. The van der Waals surface area contributed by atoms with Crippen molar-refractivity contribution >= 4 is 5.84 Å². The molecule has 0 fully saturated rings. The number of aliphatic imine (C=N–C) groups is 1. The molecule has 2 heterocycles. The van der Waals surface area contributed by atoms with E-state index in [2.05, 4.69) is 15.3 Å². The standard InChI is InChI=1S/C17H20N4O/c18-11-13-3-6-15(7-4-13)22-16-8-5-14(12-21-16)17-19-9-1-2-10-20-17/h3-8,12H,1-2,9-11,18H2,(H,19,20). The lowest BCUT2D eigenvalue weighted by Gasteiger charge is -2.08. The van der Waals surface area contributed by atoms with Crippen LogP contribution in [-0.2, 0) is 6.54 Å². The minimum absolute atomic E-state index is 0.530. The Morgan fingerprint density at radius 3 is 2.68 bits per heavy atom. The highest BCUT2D eigenvalue weighted by molar-refractivity contribution is 5.98. The maximum atomic E-state index is 5.73. The summed E-state index contributed by atoms with van der Waals surface area (Å²) in [5, 5.41) is 3.34. The predicted molar refractivity (Wildman–Crippen MR) is 87.3 cm³/mol.